The zero-order valence-electron chi connectivity index (χ0n) is 9.57. The van der Waals surface area contributed by atoms with Crippen molar-refractivity contribution in [3.8, 4) is 5.75 Å². The number of hydrogen-bond acceptors (Lipinski definition) is 1. The fourth-order valence-electron chi connectivity index (χ4n) is 1.29. The lowest BCUT2D eigenvalue weighted by Gasteiger charge is -2.18. The number of alkyl halides is 7. The maximum absolute atomic E-state index is 12.6. The summed E-state index contributed by atoms with van der Waals surface area (Å²) in [6.45, 7) is 1.49. The van der Waals surface area contributed by atoms with Gasteiger partial charge in [0.15, 0.2) is 0 Å². The Hall–Kier alpha value is -1.47. The van der Waals surface area contributed by atoms with Crippen molar-refractivity contribution in [2.75, 3.05) is 0 Å². The van der Waals surface area contributed by atoms with Gasteiger partial charge in [0.1, 0.15) is 5.75 Å². The van der Waals surface area contributed by atoms with Crippen LogP contribution < -0.4 is 4.74 Å². The summed E-state index contributed by atoms with van der Waals surface area (Å²) in [5.41, 5.74) is -1.18. The zero-order chi connectivity index (χ0) is 14.8. The van der Waals surface area contributed by atoms with Crippen LogP contribution in [0.25, 0.3) is 0 Å². The second-order valence-corrected chi connectivity index (χ2v) is 3.68. The molecule has 0 saturated heterocycles. The normalized spacial score (nSPS) is 12.9. The van der Waals surface area contributed by atoms with Gasteiger partial charge in [0.25, 0.3) is 0 Å². The molecular weight excluding hydrogens is 281 g/mol. The minimum atomic E-state index is -4.84. The highest BCUT2D eigenvalue weighted by Crippen LogP contribution is 2.35. The van der Waals surface area contributed by atoms with Crippen LogP contribution in [0.5, 0.6) is 5.75 Å². The van der Waals surface area contributed by atoms with Crippen LogP contribution in [-0.4, -0.2) is 12.5 Å². The van der Waals surface area contributed by atoms with Crippen molar-refractivity contribution in [3.63, 3.8) is 0 Å². The molecule has 0 saturated carbocycles. The molecule has 0 aromatic heterocycles. The minimum absolute atomic E-state index is 0.0508. The molecule has 0 aliphatic heterocycles. The van der Waals surface area contributed by atoms with E-state index in [4.69, 9.17) is 0 Å². The first kappa shape index (κ1) is 15.6. The summed E-state index contributed by atoms with van der Waals surface area (Å²) >= 11 is 0. The lowest BCUT2D eigenvalue weighted by atomic mass is 10.1. The highest BCUT2D eigenvalue weighted by atomic mass is 19.4. The molecule has 0 bridgehead atoms. The van der Waals surface area contributed by atoms with E-state index in [1.165, 1.54) is 6.92 Å². The van der Waals surface area contributed by atoms with Gasteiger partial charge in [-0.25, -0.2) is 0 Å². The largest absolute Gasteiger partial charge is 0.461 e. The minimum Gasteiger partial charge on any atom is -0.428 e. The van der Waals surface area contributed by atoms with Crippen LogP contribution >= 0.6 is 0 Å². The van der Waals surface area contributed by atoms with E-state index < -0.39 is 30.0 Å². The van der Waals surface area contributed by atoms with Gasteiger partial charge in [-0.2, -0.15) is 30.7 Å². The number of hydrogen-bond donors (Lipinski definition) is 0. The summed E-state index contributed by atoms with van der Waals surface area (Å²) in [4.78, 5) is 0. The molecule has 0 heterocycles. The van der Waals surface area contributed by atoms with Crippen LogP contribution in [0.2, 0.25) is 0 Å². The Morgan fingerprint density at radius 3 is 2.05 bits per heavy atom. The number of rotatable bonds is 4. The van der Waals surface area contributed by atoms with E-state index in [0.717, 1.165) is 12.1 Å². The van der Waals surface area contributed by atoms with Gasteiger partial charge in [-0.1, -0.05) is 6.92 Å². The summed E-state index contributed by atoms with van der Waals surface area (Å²) < 4.78 is 90.2. The van der Waals surface area contributed by atoms with Crippen molar-refractivity contribution in [3.05, 3.63) is 29.3 Å². The molecule has 1 rings (SSSR count). The van der Waals surface area contributed by atoms with Crippen molar-refractivity contribution < 1.29 is 35.5 Å². The number of ether oxygens (including phenoxy) is 1. The fraction of sp³-hybridized carbons (Fsp3) is 0.455. The topological polar surface area (TPSA) is 9.23 Å². The van der Waals surface area contributed by atoms with Gasteiger partial charge in [-0.3, -0.25) is 0 Å². The molecule has 108 valence electrons. The highest BCUT2D eigenvalue weighted by molar-refractivity contribution is 5.36. The van der Waals surface area contributed by atoms with Gasteiger partial charge < -0.3 is 4.74 Å². The molecule has 0 fully saturated rings. The Labute approximate surface area is 104 Å². The molecule has 19 heavy (non-hydrogen) atoms. The van der Waals surface area contributed by atoms with Crippen LogP contribution in [0.1, 0.15) is 18.1 Å². The summed E-state index contributed by atoms with van der Waals surface area (Å²) in [5, 5.41) is 0. The third-order valence-corrected chi connectivity index (χ3v) is 2.21. The van der Waals surface area contributed by atoms with Gasteiger partial charge in [-0.15, -0.1) is 0 Å². The lowest BCUT2D eigenvalue weighted by Crippen LogP contribution is -2.33. The fourth-order valence-corrected chi connectivity index (χ4v) is 1.29. The molecule has 1 aromatic carbocycles. The Kier molecular flexibility index (Phi) is 4.32. The van der Waals surface area contributed by atoms with Gasteiger partial charge in [0, 0.05) is 0 Å². The predicted octanol–water partition coefficient (Wildman–Crippen LogP) is 4.50. The number of aryl methyl sites for hydroxylation is 1. The van der Waals surface area contributed by atoms with E-state index in [1.807, 2.05) is 0 Å². The molecule has 0 N–H and O–H groups in total. The standard InChI is InChI=1S/C11H9F7O/c1-2-6-3-7(10(14,15)16)5-8(4-6)19-11(17,18)9(12)13/h3-5,9H,2H2,1H3. The van der Waals surface area contributed by atoms with Crippen molar-refractivity contribution in [2.24, 2.45) is 0 Å². The molecule has 0 unspecified atom stereocenters. The van der Waals surface area contributed by atoms with Crippen LogP contribution in [-0.2, 0) is 12.6 Å². The summed E-state index contributed by atoms with van der Waals surface area (Å²) in [6, 6.07) is 1.87. The average molecular weight is 290 g/mol. The van der Waals surface area contributed by atoms with Crippen molar-refractivity contribution >= 4 is 0 Å². The first-order valence-electron chi connectivity index (χ1n) is 5.12. The molecule has 1 aromatic rings. The average Bonchev–Trinajstić information content (AvgIpc) is 2.26. The molecule has 8 heteroatoms. The molecular formula is C11H9F7O. The van der Waals surface area contributed by atoms with Gasteiger partial charge in [0.2, 0.25) is 0 Å². The number of benzene rings is 1. The molecule has 0 atom stereocenters. The van der Waals surface area contributed by atoms with E-state index in [1.54, 1.807) is 0 Å². The quantitative estimate of drug-likeness (QED) is 0.742. The second kappa shape index (κ2) is 5.26. The van der Waals surface area contributed by atoms with Crippen molar-refractivity contribution in [1.29, 1.82) is 0 Å². The smallest absolute Gasteiger partial charge is 0.428 e. The first-order chi connectivity index (χ1) is 8.56. The third-order valence-electron chi connectivity index (χ3n) is 2.21. The Morgan fingerprint density at radius 1 is 1.05 bits per heavy atom. The van der Waals surface area contributed by atoms with Crippen molar-refractivity contribution in [1.82, 2.24) is 0 Å². The van der Waals surface area contributed by atoms with Gasteiger partial charge in [0.05, 0.1) is 5.56 Å². The van der Waals surface area contributed by atoms with Gasteiger partial charge in [-0.05, 0) is 30.2 Å². The summed E-state index contributed by atoms with van der Waals surface area (Å²) in [5.74, 6) is -0.947. The Balaban J connectivity index is 3.15. The van der Waals surface area contributed by atoms with E-state index in [-0.39, 0.29) is 18.1 Å². The van der Waals surface area contributed by atoms with E-state index in [2.05, 4.69) is 4.74 Å². The monoisotopic (exact) mass is 290 g/mol. The molecule has 0 aliphatic rings. The van der Waals surface area contributed by atoms with E-state index >= 15 is 0 Å². The first-order valence-corrected chi connectivity index (χ1v) is 5.12. The molecule has 1 nitrogen and oxygen atoms in total. The third kappa shape index (κ3) is 4.00. The van der Waals surface area contributed by atoms with Crippen LogP contribution in [0, 0.1) is 0 Å². The van der Waals surface area contributed by atoms with Crippen molar-refractivity contribution in [2.45, 2.75) is 32.1 Å². The molecule has 0 amide bonds. The van der Waals surface area contributed by atoms with E-state index in [9.17, 15) is 30.7 Å². The highest BCUT2D eigenvalue weighted by Gasteiger charge is 2.44. The summed E-state index contributed by atoms with van der Waals surface area (Å²) in [6.07, 6.45) is -13.6. The second-order valence-electron chi connectivity index (χ2n) is 3.68. The van der Waals surface area contributed by atoms with Gasteiger partial charge >= 0.3 is 18.7 Å². The predicted molar refractivity (Wildman–Crippen MR) is 52.4 cm³/mol. The molecule has 0 spiro atoms. The summed E-state index contributed by atoms with van der Waals surface area (Å²) in [7, 11) is 0. The van der Waals surface area contributed by atoms with Crippen LogP contribution in [0.15, 0.2) is 18.2 Å². The number of halogens is 7. The maximum Gasteiger partial charge on any atom is 0.461 e. The molecule has 0 aliphatic carbocycles. The van der Waals surface area contributed by atoms with Crippen LogP contribution in [0.4, 0.5) is 30.7 Å². The van der Waals surface area contributed by atoms with E-state index in [0.29, 0.717) is 0 Å². The Morgan fingerprint density at radius 2 is 1.63 bits per heavy atom. The van der Waals surface area contributed by atoms with Crippen LogP contribution in [0.3, 0.4) is 0 Å². The maximum atomic E-state index is 12.6. The lowest BCUT2D eigenvalue weighted by molar-refractivity contribution is -0.253. The Bertz CT molecular complexity index is 439. The SMILES string of the molecule is CCc1cc(OC(F)(F)C(F)F)cc(C(F)(F)F)c1. The molecule has 0 radical (unpaired) electrons. The zero-order valence-corrected chi connectivity index (χ0v) is 9.57.